The molecule has 0 unspecified atom stereocenters. The molecule has 6 heteroatoms. The lowest BCUT2D eigenvalue weighted by Crippen LogP contribution is -2.48. The minimum atomic E-state index is -1.22. The lowest BCUT2D eigenvalue weighted by molar-refractivity contribution is -0.158. The second-order valence-corrected chi connectivity index (χ2v) is 4.70. The van der Waals surface area contributed by atoms with Crippen LogP contribution in [-0.4, -0.2) is 40.4 Å². The summed E-state index contributed by atoms with van der Waals surface area (Å²) in [6.07, 6.45) is 11.7. The lowest BCUT2D eigenvalue weighted by Gasteiger charge is -2.27. The number of carboxylic acid groups (broad SMARTS) is 1. The standard InChI is InChI=1S/C16H22N2O4/c1-3-5-10-14(19)18(15(20)11-6-4-2)13(16(21)22)9-7-8-12-17/h1-2,13H,5-12,17H2,(H,21,22)/t13-/m0/s1. The Hall–Kier alpha value is -2.31. The molecule has 6 nitrogen and oxygen atoms in total. The van der Waals surface area contributed by atoms with Crippen LogP contribution in [0.25, 0.3) is 0 Å². The van der Waals surface area contributed by atoms with Crippen molar-refractivity contribution in [3.8, 4) is 24.7 Å². The number of terminal acetylenes is 2. The fourth-order valence-electron chi connectivity index (χ4n) is 1.93. The van der Waals surface area contributed by atoms with E-state index in [1.807, 2.05) is 0 Å². The summed E-state index contributed by atoms with van der Waals surface area (Å²) in [4.78, 5) is 36.5. The zero-order valence-electron chi connectivity index (χ0n) is 12.6. The highest BCUT2D eigenvalue weighted by Crippen LogP contribution is 2.14. The molecule has 1 atom stereocenters. The van der Waals surface area contributed by atoms with E-state index in [1.54, 1.807) is 0 Å². The summed E-state index contributed by atoms with van der Waals surface area (Å²) in [5.41, 5.74) is 5.38. The van der Waals surface area contributed by atoms with Crippen molar-refractivity contribution in [3.63, 3.8) is 0 Å². The third-order valence-corrected chi connectivity index (χ3v) is 3.03. The van der Waals surface area contributed by atoms with Crippen LogP contribution in [0.15, 0.2) is 0 Å². The molecule has 0 saturated carbocycles. The van der Waals surface area contributed by atoms with Gasteiger partial charge in [0, 0.05) is 25.7 Å². The van der Waals surface area contributed by atoms with E-state index in [1.165, 1.54) is 0 Å². The summed E-state index contributed by atoms with van der Waals surface area (Å²) in [7, 11) is 0. The SMILES string of the molecule is C#CCCC(=O)N(C(=O)CCC#C)[C@@H](CCCCN)C(=O)O. The summed E-state index contributed by atoms with van der Waals surface area (Å²) < 4.78 is 0. The average molecular weight is 306 g/mol. The highest BCUT2D eigenvalue weighted by atomic mass is 16.4. The minimum absolute atomic E-state index is 0.0705. The molecule has 0 aliphatic heterocycles. The summed E-state index contributed by atoms with van der Waals surface area (Å²) in [6, 6.07) is -1.21. The van der Waals surface area contributed by atoms with Gasteiger partial charge in [0.15, 0.2) is 0 Å². The van der Waals surface area contributed by atoms with Gasteiger partial charge in [-0.05, 0) is 25.8 Å². The van der Waals surface area contributed by atoms with E-state index in [0.29, 0.717) is 19.4 Å². The Kier molecular flexibility index (Phi) is 10.2. The van der Waals surface area contributed by atoms with Crippen molar-refractivity contribution >= 4 is 17.8 Å². The molecule has 0 rings (SSSR count). The predicted molar refractivity (Wildman–Crippen MR) is 82.3 cm³/mol. The van der Waals surface area contributed by atoms with Gasteiger partial charge < -0.3 is 10.8 Å². The molecule has 0 aromatic heterocycles. The lowest BCUT2D eigenvalue weighted by atomic mass is 10.1. The number of carbonyl (C=O) groups excluding carboxylic acids is 2. The first kappa shape index (κ1) is 19.7. The smallest absolute Gasteiger partial charge is 0.326 e. The van der Waals surface area contributed by atoms with Crippen LogP contribution in [0.1, 0.15) is 44.9 Å². The van der Waals surface area contributed by atoms with Crippen molar-refractivity contribution in [1.82, 2.24) is 4.90 Å². The minimum Gasteiger partial charge on any atom is -0.480 e. The fourth-order valence-corrected chi connectivity index (χ4v) is 1.93. The number of aliphatic carboxylic acids is 1. The van der Waals surface area contributed by atoms with Gasteiger partial charge in [-0.3, -0.25) is 14.5 Å². The maximum absolute atomic E-state index is 12.2. The number of nitrogens with two attached hydrogens (primary N) is 1. The molecule has 120 valence electrons. The molecule has 0 fully saturated rings. The molecule has 0 saturated heterocycles. The largest absolute Gasteiger partial charge is 0.480 e. The first-order valence-corrected chi connectivity index (χ1v) is 7.14. The number of carbonyl (C=O) groups is 3. The zero-order chi connectivity index (χ0) is 17.0. The van der Waals surface area contributed by atoms with Gasteiger partial charge in [-0.15, -0.1) is 24.7 Å². The number of carboxylic acids is 1. The van der Waals surface area contributed by atoms with Gasteiger partial charge in [0.25, 0.3) is 0 Å². The number of hydrogen-bond donors (Lipinski definition) is 2. The first-order chi connectivity index (χ1) is 10.5. The van der Waals surface area contributed by atoms with Crippen LogP contribution < -0.4 is 5.73 Å². The fraction of sp³-hybridized carbons (Fsp3) is 0.562. The van der Waals surface area contributed by atoms with Gasteiger partial charge >= 0.3 is 5.97 Å². The Morgan fingerprint density at radius 1 is 1.05 bits per heavy atom. The van der Waals surface area contributed by atoms with Crippen molar-refractivity contribution in [3.05, 3.63) is 0 Å². The molecule has 0 aromatic carbocycles. The second-order valence-electron chi connectivity index (χ2n) is 4.70. The quantitative estimate of drug-likeness (QED) is 0.458. The average Bonchev–Trinajstić information content (AvgIpc) is 2.49. The van der Waals surface area contributed by atoms with Gasteiger partial charge in [0.1, 0.15) is 6.04 Å². The molecule has 0 aliphatic rings. The molecule has 3 N–H and O–H groups in total. The zero-order valence-corrected chi connectivity index (χ0v) is 12.6. The summed E-state index contributed by atoms with van der Waals surface area (Å²) >= 11 is 0. The highest BCUT2D eigenvalue weighted by Gasteiger charge is 2.33. The van der Waals surface area contributed by atoms with E-state index < -0.39 is 23.8 Å². The van der Waals surface area contributed by atoms with Gasteiger partial charge in [0.05, 0.1) is 0 Å². The number of nitrogens with zero attached hydrogens (tertiary/aromatic N) is 1. The molecule has 0 spiro atoms. The number of rotatable bonds is 10. The highest BCUT2D eigenvalue weighted by molar-refractivity contribution is 5.99. The molecule has 0 aliphatic carbocycles. The van der Waals surface area contributed by atoms with Crippen molar-refractivity contribution in [2.45, 2.75) is 51.0 Å². The third-order valence-electron chi connectivity index (χ3n) is 3.03. The number of imide groups is 1. The Labute approximate surface area is 131 Å². The molecule has 0 aromatic rings. The maximum Gasteiger partial charge on any atom is 0.326 e. The number of amides is 2. The van der Waals surface area contributed by atoms with Crippen LogP contribution in [-0.2, 0) is 14.4 Å². The molecular formula is C16H22N2O4. The Balaban J connectivity index is 5.16. The monoisotopic (exact) mass is 306 g/mol. The topological polar surface area (TPSA) is 101 Å². The Bertz CT molecular complexity index is 444. The molecule has 0 bridgehead atoms. The predicted octanol–water partition coefficient (Wildman–Crippen LogP) is 0.751. The Morgan fingerprint density at radius 3 is 1.91 bits per heavy atom. The number of unbranched alkanes of at least 4 members (excludes halogenated alkanes) is 1. The molecular weight excluding hydrogens is 284 g/mol. The van der Waals surface area contributed by atoms with Crippen LogP contribution in [0.3, 0.4) is 0 Å². The third kappa shape index (κ3) is 6.92. The van der Waals surface area contributed by atoms with Gasteiger partial charge in [-0.25, -0.2) is 4.79 Å². The second kappa shape index (κ2) is 11.4. The van der Waals surface area contributed by atoms with Crippen LogP contribution in [0.4, 0.5) is 0 Å². The van der Waals surface area contributed by atoms with E-state index in [2.05, 4.69) is 11.8 Å². The van der Waals surface area contributed by atoms with E-state index >= 15 is 0 Å². The van der Waals surface area contributed by atoms with E-state index in [-0.39, 0.29) is 32.1 Å². The van der Waals surface area contributed by atoms with Crippen molar-refractivity contribution in [2.75, 3.05) is 6.54 Å². The summed E-state index contributed by atoms with van der Waals surface area (Å²) in [5.74, 6) is 2.21. The normalized spacial score (nSPS) is 11.0. The molecule has 22 heavy (non-hydrogen) atoms. The summed E-state index contributed by atoms with van der Waals surface area (Å²) in [6.45, 7) is 0.419. The molecule has 0 heterocycles. The van der Waals surface area contributed by atoms with Gasteiger partial charge in [0.2, 0.25) is 11.8 Å². The number of hydrogen-bond acceptors (Lipinski definition) is 4. The van der Waals surface area contributed by atoms with E-state index in [4.69, 9.17) is 18.6 Å². The Morgan fingerprint density at radius 2 is 1.55 bits per heavy atom. The van der Waals surface area contributed by atoms with Crippen molar-refractivity contribution < 1.29 is 19.5 Å². The van der Waals surface area contributed by atoms with Gasteiger partial charge in [-0.1, -0.05) is 0 Å². The van der Waals surface area contributed by atoms with Crippen molar-refractivity contribution in [2.24, 2.45) is 5.73 Å². The molecule has 0 radical (unpaired) electrons. The van der Waals surface area contributed by atoms with Gasteiger partial charge in [-0.2, -0.15) is 0 Å². The summed E-state index contributed by atoms with van der Waals surface area (Å²) in [5, 5.41) is 9.33. The van der Waals surface area contributed by atoms with Crippen LogP contribution >= 0.6 is 0 Å². The van der Waals surface area contributed by atoms with E-state index in [0.717, 1.165) is 4.90 Å². The van der Waals surface area contributed by atoms with E-state index in [9.17, 15) is 19.5 Å². The van der Waals surface area contributed by atoms with Crippen LogP contribution in [0, 0.1) is 24.7 Å². The molecule has 2 amide bonds. The van der Waals surface area contributed by atoms with Crippen LogP contribution in [0.5, 0.6) is 0 Å². The van der Waals surface area contributed by atoms with Crippen LogP contribution in [0.2, 0.25) is 0 Å². The first-order valence-electron chi connectivity index (χ1n) is 7.14. The maximum atomic E-state index is 12.2. The van der Waals surface area contributed by atoms with Crippen molar-refractivity contribution in [1.29, 1.82) is 0 Å².